The molecule has 0 saturated heterocycles. The van der Waals surface area contributed by atoms with Crippen molar-refractivity contribution in [2.75, 3.05) is 13.2 Å². The van der Waals surface area contributed by atoms with Crippen molar-refractivity contribution >= 4 is 23.3 Å². The number of hydrogen-bond acceptors (Lipinski definition) is 5. The molecule has 24 heavy (non-hydrogen) atoms. The van der Waals surface area contributed by atoms with Gasteiger partial charge in [-0.25, -0.2) is 4.98 Å². The lowest BCUT2D eigenvalue weighted by Gasteiger charge is -2.22. The minimum Gasteiger partial charge on any atom is -0.486 e. The standard InChI is InChI=1S/C18H20N2O3S/c1-3-15(13-4-6-16-17(10-13)23-9-8-22-16)20-18(21)7-5-14-11-24-12(2)19-14/h4-7,10-11,15H,3,8-9H2,1-2H3,(H,20,21)/b7-5+. The predicted molar refractivity (Wildman–Crippen MR) is 94.5 cm³/mol. The first-order chi connectivity index (χ1) is 11.7. The van der Waals surface area contributed by atoms with Gasteiger partial charge >= 0.3 is 0 Å². The van der Waals surface area contributed by atoms with Crippen molar-refractivity contribution in [3.05, 3.63) is 45.9 Å². The zero-order valence-electron chi connectivity index (χ0n) is 13.7. The number of rotatable bonds is 5. The van der Waals surface area contributed by atoms with Crippen molar-refractivity contribution in [1.82, 2.24) is 10.3 Å². The van der Waals surface area contributed by atoms with Gasteiger partial charge in [0, 0.05) is 11.5 Å². The number of carbonyl (C=O) groups excluding carboxylic acids is 1. The topological polar surface area (TPSA) is 60.5 Å². The Kier molecular flexibility index (Phi) is 5.15. The van der Waals surface area contributed by atoms with Gasteiger partial charge in [0.2, 0.25) is 5.91 Å². The molecular weight excluding hydrogens is 324 g/mol. The fourth-order valence-corrected chi connectivity index (χ4v) is 3.12. The summed E-state index contributed by atoms with van der Waals surface area (Å²) < 4.78 is 11.1. The number of nitrogens with one attached hydrogen (secondary N) is 1. The summed E-state index contributed by atoms with van der Waals surface area (Å²) in [6.07, 6.45) is 4.04. The maximum Gasteiger partial charge on any atom is 0.244 e. The molecule has 0 radical (unpaired) electrons. The number of aryl methyl sites for hydroxylation is 1. The molecule has 1 aliphatic rings. The van der Waals surface area contributed by atoms with Gasteiger partial charge < -0.3 is 14.8 Å². The highest BCUT2D eigenvalue weighted by Gasteiger charge is 2.17. The van der Waals surface area contributed by atoms with Gasteiger partial charge in [-0.15, -0.1) is 11.3 Å². The van der Waals surface area contributed by atoms with E-state index in [1.54, 1.807) is 17.4 Å². The van der Waals surface area contributed by atoms with Gasteiger partial charge in [-0.2, -0.15) is 0 Å². The Morgan fingerprint density at radius 3 is 2.88 bits per heavy atom. The lowest BCUT2D eigenvalue weighted by atomic mass is 10.0. The zero-order chi connectivity index (χ0) is 16.9. The fourth-order valence-electron chi connectivity index (χ4n) is 2.54. The van der Waals surface area contributed by atoms with Crippen LogP contribution in [0.4, 0.5) is 0 Å². The summed E-state index contributed by atoms with van der Waals surface area (Å²) >= 11 is 1.56. The molecule has 126 valence electrons. The summed E-state index contributed by atoms with van der Waals surface area (Å²) in [6.45, 7) is 5.10. The molecule has 1 amide bonds. The van der Waals surface area contributed by atoms with E-state index in [2.05, 4.69) is 10.3 Å². The normalized spacial score (nSPS) is 14.6. The summed E-state index contributed by atoms with van der Waals surface area (Å²) in [5, 5.41) is 5.93. The Bertz CT molecular complexity index is 754. The average Bonchev–Trinajstić information content (AvgIpc) is 3.03. The van der Waals surface area contributed by atoms with Gasteiger partial charge in [0.25, 0.3) is 0 Å². The minimum absolute atomic E-state index is 0.0739. The molecule has 1 unspecified atom stereocenters. The molecule has 0 fully saturated rings. The predicted octanol–water partition coefficient (Wildman–Crippen LogP) is 3.50. The molecule has 2 aromatic rings. The number of thiazole rings is 1. The van der Waals surface area contributed by atoms with Crippen molar-refractivity contribution in [2.24, 2.45) is 0 Å². The Morgan fingerprint density at radius 1 is 1.38 bits per heavy atom. The van der Waals surface area contributed by atoms with Crippen molar-refractivity contribution < 1.29 is 14.3 Å². The van der Waals surface area contributed by atoms with Crippen LogP contribution < -0.4 is 14.8 Å². The average molecular weight is 344 g/mol. The number of hydrogen-bond donors (Lipinski definition) is 1. The van der Waals surface area contributed by atoms with Crippen LogP contribution in [0.25, 0.3) is 6.08 Å². The first-order valence-corrected chi connectivity index (χ1v) is 8.84. The van der Waals surface area contributed by atoms with Crippen molar-refractivity contribution in [3.63, 3.8) is 0 Å². The Labute approximate surface area is 145 Å². The lowest BCUT2D eigenvalue weighted by molar-refractivity contribution is -0.117. The number of fused-ring (bicyclic) bond motifs is 1. The third kappa shape index (κ3) is 3.94. The number of carbonyl (C=O) groups is 1. The maximum absolute atomic E-state index is 12.2. The maximum atomic E-state index is 12.2. The molecule has 0 saturated carbocycles. The molecule has 0 bridgehead atoms. The molecule has 1 aromatic heterocycles. The SMILES string of the molecule is CCC(NC(=O)/C=C/c1csc(C)n1)c1ccc2c(c1)OCCO2. The van der Waals surface area contributed by atoms with Crippen LogP contribution in [-0.4, -0.2) is 24.1 Å². The summed E-state index contributed by atoms with van der Waals surface area (Å²) in [7, 11) is 0. The van der Waals surface area contributed by atoms with E-state index in [4.69, 9.17) is 9.47 Å². The Hall–Kier alpha value is -2.34. The van der Waals surface area contributed by atoms with E-state index < -0.39 is 0 Å². The number of benzene rings is 1. The third-order valence-corrected chi connectivity index (χ3v) is 4.53. The lowest BCUT2D eigenvalue weighted by Crippen LogP contribution is -2.26. The third-order valence-electron chi connectivity index (χ3n) is 3.74. The van der Waals surface area contributed by atoms with Crippen LogP contribution >= 0.6 is 11.3 Å². The van der Waals surface area contributed by atoms with Gasteiger partial charge in [-0.1, -0.05) is 13.0 Å². The Balaban J connectivity index is 1.67. The summed E-state index contributed by atoms with van der Waals surface area (Å²) in [5.74, 6) is 1.35. The first-order valence-electron chi connectivity index (χ1n) is 7.96. The van der Waals surface area contributed by atoms with Crippen LogP contribution in [0.3, 0.4) is 0 Å². The van der Waals surface area contributed by atoms with E-state index in [0.717, 1.165) is 34.2 Å². The summed E-state index contributed by atoms with van der Waals surface area (Å²) in [5.41, 5.74) is 1.81. The van der Waals surface area contributed by atoms with Crippen LogP contribution in [0.2, 0.25) is 0 Å². The van der Waals surface area contributed by atoms with Crippen LogP contribution in [0.15, 0.2) is 29.7 Å². The smallest absolute Gasteiger partial charge is 0.244 e. The van der Waals surface area contributed by atoms with Gasteiger partial charge in [0.15, 0.2) is 11.5 Å². The van der Waals surface area contributed by atoms with Crippen LogP contribution in [0, 0.1) is 6.92 Å². The molecule has 1 aliphatic heterocycles. The number of aromatic nitrogens is 1. The van der Waals surface area contributed by atoms with E-state index in [-0.39, 0.29) is 11.9 Å². The second-order valence-corrected chi connectivity index (χ2v) is 6.56. The molecule has 5 nitrogen and oxygen atoms in total. The monoisotopic (exact) mass is 344 g/mol. The van der Waals surface area contributed by atoms with Gasteiger partial charge in [0.05, 0.1) is 16.7 Å². The molecule has 0 aliphatic carbocycles. The fraction of sp³-hybridized carbons (Fsp3) is 0.333. The van der Waals surface area contributed by atoms with E-state index in [1.165, 1.54) is 6.08 Å². The highest BCUT2D eigenvalue weighted by Crippen LogP contribution is 2.33. The van der Waals surface area contributed by atoms with Crippen molar-refractivity contribution in [2.45, 2.75) is 26.3 Å². The first kappa shape index (κ1) is 16.5. The number of amides is 1. The molecule has 1 N–H and O–H groups in total. The van der Waals surface area contributed by atoms with Gasteiger partial charge in [0.1, 0.15) is 13.2 Å². The molecule has 2 heterocycles. The largest absolute Gasteiger partial charge is 0.486 e. The molecule has 1 atom stereocenters. The zero-order valence-corrected chi connectivity index (χ0v) is 14.6. The van der Waals surface area contributed by atoms with E-state index in [1.807, 2.05) is 37.4 Å². The van der Waals surface area contributed by atoms with Crippen LogP contribution in [-0.2, 0) is 4.79 Å². The summed E-state index contributed by atoms with van der Waals surface area (Å²) in [6, 6.07) is 5.73. The molecule has 6 heteroatoms. The Morgan fingerprint density at radius 2 is 2.17 bits per heavy atom. The van der Waals surface area contributed by atoms with E-state index in [0.29, 0.717) is 13.2 Å². The number of ether oxygens (including phenoxy) is 2. The molecule has 0 spiro atoms. The van der Waals surface area contributed by atoms with Crippen molar-refractivity contribution in [3.8, 4) is 11.5 Å². The minimum atomic E-state index is -0.137. The second kappa shape index (κ2) is 7.49. The number of nitrogens with zero attached hydrogens (tertiary/aromatic N) is 1. The van der Waals surface area contributed by atoms with Gasteiger partial charge in [-0.3, -0.25) is 4.79 Å². The highest BCUT2D eigenvalue weighted by atomic mass is 32.1. The van der Waals surface area contributed by atoms with Gasteiger partial charge in [-0.05, 0) is 37.1 Å². The van der Waals surface area contributed by atoms with Crippen molar-refractivity contribution in [1.29, 1.82) is 0 Å². The second-order valence-electron chi connectivity index (χ2n) is 5.50. The molecule has 1 aromatic carbocycles. The van der Waals surface area contributed by atoms with Crippen LogP contribution in [0.1, 0.15) is 35.7 Å². The van der Waals surface area contributed by atoms with E-state index >= 15 is 0 Å². The molecule has 3 rings (SSSR count). The van der Waals surface area contributed by atoms with Crippen LogP contribution in [0.5, 0.6) is 11.5 Å². The quantitative estimate of drug-likeness (QED) is 0.843. The van der Waals surface area contributed by atoms with E-state index in [9.17, 15) is 4.79 Å². The highest BCUT2D eigenvalue weighted by molar-refractivity contribution is 7.09. The summed E-state index contributed by atoms with van der Waals surface area (Å²) in [4.78, 5) is 16.5. The molecular formula is C18H20N2O3S.